The van der Waals surface area contributed by atoms with Crippen molar-refractivity contribution in [1.29, 1.82) is 0 Å². The number of anilines is 1. The Morgan fingerprint density at radius 2 is 2.00 bits per heavy atom. The summed E-state index contributed by atoms with van der Waals surface area (Å²) >= 11 is 5.97. The van der Waals surface area contributed by atoms with E-state index in [4.69, 9.17) is 27.8 Å². The zero-order valence-corrected chi connectivity index (χ0v) is 12.4. The van der Waals surface area contributed by atoms with Gasteiger partial charge in [-0.1, -0.05) is 11.6 Å². The zero-order valence-electron chi connectivity index (χ0n) is 11.7. The molecule has 2 aromatic rings. The maximum atomic E-state index is 11.1. The molecule has 22 heavy (non-hydrogen) atoms. The van der Waals surface area contributed by atoms with E-state index in [-0.39, 0.29) is 0 Å². The molecule has 5 N–H and O–H groups in total. The summed E-state index contributed by atoms with van der Waals surface area (Å²) in [4.78, 5) is 15.4. The van der Waals surface area contributed by atoms with Gasteiger partial charge in [0.25, 0.3) is 0 Å². The van der Waals surface area contributed by atoms with Gasteiger partial charge in [0.15, 0.2) is 0 Å². The highest BCUT2D eigenvalue weighted by Gasteiger charge is 2.47. The number of halogens is 1. The molecule has 0 saturated heterocycles. The summed E-state index contributed by atoms with van der Waals surface area (Å²) < 4.78 is 5.76. The molecule has 7 heteroatoms. The van der Waals surface area contributed by atoms with Gasteiger partial charge in [0.05, 0.1) is 21.9 Å². The van der Waals surface area contributed by atoms with Gasteiger partial charge in [0.1, 0.15) is 11.5 Å². The third-order valence-electron chi connectivity index (χ3n) is 3.54. The number of hydrogen-bond donors (Lipinski definition) is 3. The fraction of sp³-hybridized carbons (Fsp3) is 0.200. The number of pyridine rings is 1. The van der Waals surface area contributed by atoms with Crippen LogP contribution in [-0.4, -0.2) is 11.0 Å². The molecular formula is C15H15ClN4O2. The van der Waals surface area contributed by atoms with E-state index in [1.807, 2.05) is 0 Å². The van der Waals surface area contributed by atoms with E-state index >= 15 is 0 Å². The molecule has 6 nitrogen and oxygen atoms in total. The number of urea groups is 1. The number of nitrogens with zero attached hydrogens (tertiary/aromatic N) is 1. The molecule has 0 aliphatic heterocycles. The largest absolute Gasteiger partial charge is 0.457 e. The van der Waals surface area contributed by atoms with Crippen LogP contribution in [0.25, 0.3) is 0 Å². The first-order valence-electron chi connectivity index (χ1n) is 6.76. The Bertz CT molecular complexity index is 731. The molecule has 1 aromatic heterocycles. The highest BCUT2D eigenvalue weighted by atomic mass is 35.5. The van der Waals surface area contributed by atoms with Gasteiger partial charge in [-0.3, -0.25) is 4.98 Å². The maximum absolute atomic E-state index is 11.1. The third-order valence-corrected chi connectivity index (χ3v) is 3.87. The van der Waals surface area contributed by atoms with Gasteiger partial charge < -0.3 is 21.5 Å². The topological polar surface area (TPSA) is 103 Å². The van der Waals surface area contributed by atoms with Gasteiger partial charge in [-0.25, -0.2) is 4.79 Å². The Hall–Kier alpha value is -2.47. The van der Waals surface area contributed by atoms with Crippen molar-refractivity contribution in [2.75, 3.05) is 5.73 Å². The van der Waals surface area contributed by atoms with E-state index in [0.29, 0.717) is 22.2 Å². The maximum Gasteiger partial charge on any atom is 0.312 e. The second-order valence-corrected chi connectivity index (χ2v) is 5.64. The molecule has 1 aliphatic carbocycles. The fourth-order valence-corrected chi connectivity index (χ4v) is 2.42. The van der Waals surface area contributed by atoms with Crippen molar-refractivity contribution in [1.82, 2.24) is 10.3 Å². The van der Waals surface area contributed by atoms with Crippen molar-refractivity contribution in [2.45, 2.75) is 18.4 Å². The molecule has 0 bridgehead atoms. The lowest BCUT2D eigenvalue weighted by Crippen LogP contribution is -2.39. The Kier molecular flexibility index (Phi) is 3.54. The van der Waals surface area contributed by atoms with Crippen LogP contribution >= 0.6 is 11.6 Å². The number of carbonyl (C=O) groups excluding carboxylic acids is 1. The molecule has 1 heterocycles. The summed E-state index contributed by atoms with van der Waals surface area (Å²) in [6.45, 7) is 0. The summed E-state index contributed by atoms with van der Waals surface area (Å²) in [5, 5.41) is 3.17. The quantitative estimate of drug-likeness (QED) is 0.754. The van der Waals surface area contributed by atoms with Crippen LogP contribution in [0.4, 0.5) is 10.5 Å². The number of nitrogens with two attached hydrogens (primary N) is 2. The minimum Gasteiger partial charge on any atom is -0.457 e. The van der Waals surface area contributed by atoms with Gasteiger partial charge in [0.2, 0.25) is 0 Å². The van der Waals surface area contributed by atoms with E-state index in [2.05, 4.69) is 10.3 Å². The molecule has 3 rings (SSSR count). The predicted octanol–water partition coefficient (Wildman–Crippen LogP) is 2.77. The fourth-order valence-electron chi connectivity index (χ4n) is 2.25. The van der Waals surface area contributed by atoms with Crippen LogP contribution in [0, 0.1) is 0 Å². The lowest BCUT2D eigenvalue weighted by Gasteiger charge is -2.16. The number of nitrogen functional groups attached to an aromatic ring is 1. The molecule has 2 amide bonds. The summed E-state index contributed by atoms with van der Waals surface area (Å²) in [7, 11) is 0. The van der Waals surface area contributed by atoms with E-state index in [1.54, 1.807) is 36.5 Å². The first kappa shape index (κ1) is 14.5. The predicted molar refractivity (Wildman–Crippen MR) is 83.8 cm³/mol. The van der Waals surface area contributed by atoms with Gasteiger partial charge in [-0.2, -0.15) is 0 Å². The number of nitrogens with one attached hydrogen (secondary N) is 1. The number of hydrogen-bond acceptors (Lipinski definition) is 4. The second-order valence-electron chi connectivity index (χ2n) is 5.23. The van der Waals surface area contributed by atoms with Gasteiger partial charge in [-0.05, 0) is 31.0 Å². The first-order valence-corrected chi connectivity index (χ1v) is 7.13. The van der Waals surface area contributed by atoms with Crippen molar-refractivity contribution in [3.8, 4) is 11.5 Å². The molecule has 1 aliphatic rings. The summed E-state index contributed by atoms with van der Waals surface area (Å²) in [6, 6.07) is 8.01. The smallest absolute Gasteiger partial charge is 0.312 e. The summed E-state index contributed by atoms with van der Waals surface area (Å²) in [6.07, 6.45) is 3.24. The molecule has 0 spiro atoms. The van der Waals surface area contributed by atoms with E-state index in [0.717, 1.165) is 18.5 Å². The molecule has 1 aromatic carbocycles. The third kappa shape index (κ3) is 2.92. The molecule has 114 valence electrons. The molecule has 0 unspecified atom stereocenters. The first-order chi connectivity index (χ1) is 10.5. The van der Waals surface area contributed by atoms with Crippen LogP contribution in [0.3, 0.4) is 0 Å². The highest BCUT2D eigenvalue weighted by molar-refractivity contribution is 6.33. The number of amides is 2. The lowest BCUT2D eigenvalue weighted by atomic mass is 10.1. The van der Waals surface area contributed by atoms with Gasteiger partial charge in [0, 0.05) is 18.3 Å². The SMILES string of the molecule is NC(=O)NC1(c2cc(Oc3ccc(N)c(Cl)c3)ccn2)CC1. The summed E-state index contributed by atoms with van der Waals surface area (Å²) in [5.41, 5.74) is 11.6. The van der Waals surface area contributed by atoms with E-state index < -0.39 is 11.6 Å². The average Bonchev–Trinajstić information content (AvgIpc) is 3.23. The van der Waals surface area contributed by atoms with E-state index in [9.17, 15) is 4.79 Å². The summed E-state index contributed by atoms with van der Waals surface area (Å²) in [5.74, 6) is 1.17. The minimum atomic E-state index is -0.559. The van der Waals surface area contributed by atoms with Crippen LogP contribution in [0.5, 0.6) is 11.5 Å². The Morgan fingerprint density at radius 3 is 2.64 bits per heavy atom. The zero-order chi connectivity index (χ0) is 15.7. The van der Waals surface area contributed by atoms with Crippen molar-refractivity contribution in [3.63, 3.8) is 0 Å². The minimum absolute atomic E-state index is 0.431. The number of ether oxygens (including phenoxy) is 1. The molecule has 0 radical (unpaired) electrons. The van der Waals surface area contributed by atoms with Crippen molar-refractivity contribution >= 4 is 23.3 Å². The standard InChI is InChI=1S/C15H15ClN4O2/c16-11-7-9(1-2-12(11)17)22-10-3-6-19-13(8-10)15(4-5-15)20-14(18)21/h1-3,6-8H,4-5,17H2,(H3,18,20,21). The number of rotatable bonds is 4. The van der Waals surface area contributed by atoms with Crippen LogP contribution in [0.15, 0.2) is 36.5 Å². The monoisotopic (exact) mass is 318 g/mol. The molecule has 1 fully saturated rings. The van der Waals surface area contributed by atoms with Crippen molar-refractivity contribution in [2.24, 2.45) is 5.73 Å². The lowest BCUT2D eigenvalue weighted by molar-refractivity contribution is 0.243. The molecule has 0 atom stereocenters. The highest BCUT2D eigenvalue weighted by Crippen LogP contribution is 2.45. The number of primary amides is 1. The Morgan fingerprint density at radius 1 is 1.27 bits per heavy atom. The Labute approximate surface area is 132 Å². The number of benzene rings is 1. The van der Waals surface area contributed by atoms with E-state index in [1.165, 1.54) is 0 Å². The average molecular weight is 319 g/mol. The molecular weight excluding hydrogens is 304 g/mol. The number of carbonyl (C=O) groups is 1. The van der Waals surface area contributed by atoms with Crippen LogP contribution in [0.2, 0.25) is 5.02 Å². The number of aromatic nitrogens is 1. The molecule has 1 saturated carbocycles. The van der Waals surface area contributed by atoms with Crippen LogP contribution in [-0.2, 0) is 5.54 Å². The van der Waals surface area contributed by atoms with Crippen molar-refractivity contribution in [3.05, 3.63) is 47.2 Å². The Balaban J connectivity index is 1.82. The second kappa shape index (κ2) is 5.38. The van der Waals surface area contributed by atoms with Gasteiger partial charge >= 0.3 is 6.03 Å². The van der Waals surface area contributed by atoms with Crippen LogP contribution < -0.4 is 21.5 Å². The van der Waals surface area contributed by atoms with Crippen LogP contribution in [0.1, 0.15) is 18.5 Å². The van der Waals surface area contributed by atoms with Gasteiger partial charge in [-0.15, -0.1) is 0 Å². The van der Waals surface area contributed by atoms with Crippen molar-refractivity contribution < 1.29 is 9.53 Å². The normalized spacial score (nSPS) is 15.1.